The topological polar surface area (TPSA) is 82.7 Å². The van der Waals surface area contributed by atoms with Gasteiger partial charge in [-0.15, -0.1) is 0 Å². The van der Waals surface area contributed by atoms with Gasteiger partial charge in [-0.1, -0.05) is 18.2 Å². The number of aromatic hydroxyl groups is 1. The third-order valence-electron chi connectivity index (χ3n) is 6.01. The van der Waals surface area contributed by atoms with Crippen LogP contribution in [0.1, 0.15) is 34.8 Å². The standard InChI is InChI=1S/C25H20FNO4/c26-17-8-10-18(11-9-17)27-20-2-1-3-21(29)23(20)22(24(27)16-12-19(28)13-16)14-4-6-15(7-5-14)25(30)31/h1-11,16,19,28-29H,12-13H2,(H,30,31)/t16-,19-. The molecule has 31 heavy (non-hydrogen) atoms. The zero-order chi connectivity index (χ0) is 21.7. The summed E-state index contributed by atoms with van der Waals surface area (Å²) in [5, 5.41) is 30.7. The van der Waals surface area contributed by atoms with Crippen molar-refractivity contribution in [1.82, 2.24) is 4.57 Å². The fourth-order valence-electron chi connectivity index (χ4n) is 4.48. The first-order valence-corrected chi connectivity index (χ1v) is 10.1. The Labute approximate surface area is 177 Å². The molecule has 1 aliphatic rings. The number of fused-ring (bicyclic) bond motifs is 1. The molecule has 1 aliphatic carbocycles. The summed E-state index contributed by atoms with van der Waals surface area (Å²) in [6.45, 7) is 0. The average Bonchev–Trinajstić information content (AvgIpc) is 3.08. The van der Waals surface area contributed by atoms with E-state index in [2.05, 4.69) is 0 Å². The summed E-state index contributed by atoms with van der Waals surface area (Å²) in [6.07, 6.45) is 0.775. The molecule has 1 aromatic heterocycles. The number of hydrogen-bond donors (Lipinski definition) is 3. The lowest BCUT2D eigenvalue weighted by atomic mass is 9.77. The normalized spacial score (nSPS) is 18.1. The molecule has 0 saturated heterocycles. The molecule has 156 valence electrons. The van der Waals surface area contributed by atoms with Gasteiger partial charge < -0.3 is 19.9 Å². The van der Waals surface area contributed by atoms with Crippen LogP contribution in [0, 0.1) is 5.82 Å². The van der Waals surface area contributed by atoms with Crippen LogP contribution < -0.4 is 0 Å². The first-order chi connectivity index (χ1) is 14.9. The molecule has 5 rings (SSSR count). The predicted molar refractivity (Wildman–Crippen MR) is 115 cm³/mol. The number of aromatic nitrogens is 1. The zero-order valence-corrected chi connectivity index (χ0v) is 16.5. The summed E-state index contributed by atoms with van der Waals surface area (Å²) >= 11 is 0. The van der Waals surface area contributed by atoms with Gasteiger partial charge in [0.15, 0.2) is 0 Å². The Balaban J connectivity index is 1.84. The summed E-state index contributed by atoms with van der Waals surface area (Å²) in [7, 11) is 0. The summed E-state index contributed by atoms with van der Waals surface area (Å²) in [5.74, 6) is -1.20. The SMILES string of the molecule is O=C(O)c1ccc(-c2c3c(O)cccc3n(-c3ccc(F)cc3)c2[C@H]2C[C@H](O)C2)cc1. The first kappa shape index (κ1) is 19.3. The molecule has 0 aliphatic heterocycles. The van der Waals surface area contributed by atoms with Gasteiger partial charge in [0, 0.05) is 28.2 Å². The van der Waals surface area contributed by atoms with Gasteiger partial charge in [-0.25, -0.2) is 9.18 Å². The summed E-state index contributed by atoms with van der Waals surface area (Å²) in [4.78, 5) is 11.3. The molecule has 1 fully saturated rings. The lowest BCUT2D eigenvalue weighted by Crippen LogP contribution is -2.28. The third kappa shape index (κ3) is 3.16. The minimum atomic E-state index is -1.01. The highest BCUT2D eigenvalue weighted by Gasteiger charge is 2.35. The van der Waals surface area contributed by atoms with E-state index in [1.807, 2.05) is 10.6 Å². The maximum absolute atomic E-state index is 13.6. The van der Waals surface area contributed by atoms with Crippen molar-refractivity contribution < 1.29 is 24.5 Å². The van der Waals surface area contributed by atoms with Gasteiger partial charge in [0.05, 0.1) is 17.2 Å². The van der Waals surface area contributed by atoms with Gasteiger partial charge in [-0.2, -0.15) is 0 Å². The molecule has 0 bridgehead atoms. The second-order valence-electron chi connectivity index (χ2n) is 7.95. The van der Waals surface area contributed by atoms with Crippen LogP contribution in [0.5, 0.6) is 5.75 Å². The van der Waals surface area contributed by atoms with Crippen LogP contribution in [0.15, 0.2) is 66.7 Å². The molecular weight excluding hydrogens is 397 g/mol. The highest BCUT2D eigenvalue weighted by atomic mass is 19.1. The molecule has 0 atom stereocenters. The molecule has 3 N–H and O–H groups in total. The highest BCUT2D eigenvalue weighted by molar-refractivity contribution is 6.03. The lowest BCUT2D eigenvalue weighted by molar-refractivity contribution is 0.0695. The van der Waals surface area contributed by atoms with Crippen molar-refractivity contribution in [2.45, 2.75) is 24.9 Å². The number of benzene rings is 3. The fraction of sp³-hybridized carbons (Fsp3) is 0.160. The van der Waals surface area contributed by atoms with E-state index in [4.69, 9.17) is 0 Å². The Morgan fingerprint density at radius 1 is 0.968 bits per heavy atom. The maximum atomic E-state index is 13.6. The van der Waals surface area contributed by atoms with E-state index < -0.39 is 5.97 Å². The second kappa shape index (κ2) is 7.25. The van der Waals surface area contributed by atoms with Gasteiger partial charge in [-0.05, 0) is 66.9 Å². The number of carbonyl (C=O) groups is 1. The van der Waals surface area contributed by atoms with Crippen LogP contribution in [0.4, 0.5) is 4.39 Å². The van der Waals surface area contributed by atoms with Crippen molar-refractivity contribution in [1.29, 1.82) is 0 Å². The van der Waals surface area contributed by atoms with E-state index in [0.717, 1.165) is 28.0 Å². The number of hydrogen-bond acceptors (Lipinski definition) is 3. The highest BCUT2D eigenvalue weighted by Crippen LogP contribution is 2.49. The van der Waals surface area contributed by atoms with Crippen molar-refractivity contribution in [3.05, 3.63) is 83.8 Å². The summed E-state index contributed by atoms with van der Waals surface area (Å²) < 4.78 is 15.6. The van der Waals surface area contributed by atoms with Gasteiger partial charge in [0.2, 0.25) is 0 Å². The van der Waals surface area contributed by atoms with Gasteiger partial charge >= 0.3 is 5.97 Å². The molecule has 5 nitrogen and oxygen atoms in total. The molecule has 0 amide bonds. The molecule has 0 unspecified atom stereocenters. The van der Waals surface area contributed by atoms with E-state index >= 15 is 0 Å². The summed E-state index contributed by atoms with van der Waals surface area (Å²) in [5.41, 5.74) is 4.18. The summed E-state index contributed by atoms with van der Waals surface area (Å²) in [6, 6.07) is 18.0. The van der Waals surface area contributed by atoms with E-state index in [0.29, 0.717) is 18.2 Å². The van der Waals surface area contributed by atoms with Crippen LogP contribution in [0.2, 0.25) is 0 Å². The average molecular weight is 417 g/mol. The maximum Gasteiger partial charge on any atom is 0.335 e. The third-order valence-corrected chi connectivity index (χ3v) is 6.01. The molecule has 1 saturated carbocycles. The number of rotatable bonds is 4. The Hall–Kier alpha value is -3.64. The van der Waals surface area contributed by atoms with E-state index in [9.17, 15) is 24.5 Å². The molecule has 3 aromatic carbocycles. The zero-order valence-electron chi connectivity index (χ0n) is 16.5. The second-order valence-corrected chi connectivity index (χ2v) is 7.95. The molecule has 1 heterocycles. The van der Waals surface area contributed by atoms with Gasteiger partial charge in [0.25, 0.3) is 0 Å². The number of phenolic OH excluding ortho intramolecular Hbond substituents is 1. The number of carboxylic acids is 1. The molecular formula is C25H20FNO4. The smallest absolute Gasteiger partial charge is 0.335 e. The largest absolute Gasteiger partial charge is 0.507 e. The number of aliphatic hydroxyl groups is 1. The van der Waals surface area contributed by atoms with Crippen molar-refractivity contribution in [3.63, 3.8) is 0 Å². The lowest BCUT2D eigenvalue weighted by Gasteiger charge is -2.33. The van der Waals surface area contributed by atoms with Crippen LogP contribution in [-0.2, 0) is 0 Å². The van der Waals surface area contributed by atoms with E-state index in [-0.39, 0.29) is 29.2 Å². The van der Waals surface area contributed by atoms with E-state index in [1.54, 1.807) is 36.4 Å². The van der Waals surface area contributed by atoms with Crippen LogP contribution in [0.25, 0.3) is 27.7 Å². The van der Waals surface area contributed by atoms with Gasteiger partial charge in [-0.3, -0.25) is 0 Å². The fourth-order valence-corrected chi connectivity index (χ4v) is 4.48. The number of aliphatic hydroxyl groups excluding tert-OH is 1. The van der Waals surface area contributed by atoms with Crippen LogP contribution >= 0.6 is 0 Å². The van der Waals surface area contributed by atoms with Crippen LogP contribution in [-0.4, -0.2) is 32.0 Å². The van der Waals surface area contributed by atoms with Gasteiger partial charge in [0.1, 0.15) is 11.6 Å². The Morgan fingerprint density at radius 2 is 1.65 bits per heavy atom. The minimum absolute atomic E-state index is 0.0426. The number of phenols is 1. The van der Waals surface area contributed by atoms with Crippen molar-refractivity contribution in [3.8, 4) is 22.6 Å². The number of aromatic carboxylic acids is 1. The molecule has 0 radical (unpaired) electrons. The van der Waals surface area contributed by atoms with E-state index in [1.165, 1.54) is 24.3 Å². The number of carboxylic acid groups (broad SMARTS) is 1. The van der Waals surface area contributed by atoms with Crippen LogP contribution in [0.3, 0.4) is 0 Å². The first-order valence-electron chi connectivity index (χ1n) is 10.1. The molecule has 6 heteroatoms. The van der Waals surface area contributed by atoms with Crippen molar-refractivity contribution >= 4 is 16.9 Å². The minimum Gasteiger partial charge on any atom is -0.507 e. The Bertz CT molecular complexity index is 1290. The molecule has 0 spiro atoms. The number of halogens is 1. The Morgan fingerprint density at radius 3 is 2.26 bits per heavy atom. The Kier molecular flexibility index (Phi) is 4.52. The molecule has 4 aromatic rings. The van der Waals surface area contributed by atoms with Crippen molar-refractivity contribution in [2.24, 2.45) is 0 Å². The number of nitrogens with zero attached hydrogens (tertiary/aromatic N) is 1. The quantitative estimate of drug-likeness (QED) is 0.433. The monoisotopic (exact) mass is 417 g/mol. The predicted octanol–water partition coefficient (Wildman–Crippen LogP) is 5.08. The van der Waals surface area contributed by atoms with Crippen molar-refractivity contribution in [2.75, 3.05) is 0 Å².